The number of carbonyl (C=O) groups is 2. The first-order valence-corrected chi connectivity index (χ1v) is 11.8. The Morgan fingerprint density at radius 2 is 1.91 bits per heavy atom. The van der Waals surface area contributed by atoms with Crippen molar-refractivity contribution in [1.82, 2.24) is 9.78 Å². The van der Waals surface area contributed by atoms with Crippen molar-refractivity contribution in [3.63, 3.8) is 0 Å². The monoisotopic (exact) mass is 469 g/mol. The quantitative estimate of drug-likeness (QED) is 0.252. The zero-order valence-corrected chi connectivity index (χ0v) is 19.6. The number of para-hydroxylation sites is 1. The average Bonchev–Trinajstić information content (AvgIpc) is 3.65. The molecule has 1 aromatic heterocycles. The molecule has 0 bridgehead atoms. The number of rotatable bonds is 10. The summed E-state index contributed by atoms with van der Waals surface area (Å²) < 4.78 is 13.4. The topological polar surface area (TPSA) is 82.4 Å². The Morgan fingerprint density at radius 3 is 2.71 bits per heavy atom. The molecular formula is C28H27N3O4. The summed E-state index contributed by atoms with van der Waals surface area (Å²) >= 11 is 0. The smallest absolute Gasteiger partial charge is 0.310 e. The zero-order chi connectivity index (χ0) is 24.2. The number of carbonyl (C=O) groups excluding carboxylic acids is 2. The van der Waals surface area contributed by atoms with Crippen LogP contribution in [0.4, 0.5) is 5.69 Å². The van der Waals surface area contributed by atoms with E-state index < -0.39 is 0 Å². The largest absolute Gasteiger partial charge is 0.487 e. The van der Waals surface area contributed by atoms with Gasteiger partial charge in [0.05, 0.1) is 24.6 Å². The minimum Gasteiger partial charge on any atom is -0.487 e. The van der Waals surface area contributed by atoms with Crippen molar-refractivity contribution in [2.75, 3.05) is 11.9 Å². The van der Waals surface area contributed by atoms with Gasteiger partial charge in [-0.25, -0.2) is 0 Å². The molecule has 1 saturated carbocycles. The highest BCUT2D eigenvalue weighted by Crippen LogP contribution is 2.39. The molecule has 5 rings (SSSR count). The van der Waals surface area contributed by atoms with Crippen LogP contribution in [-0.4, -0.2) is 28.8 Å². The number of benzene rings is 3. The fourth-order valence-corrected chi connectivity index (χ4v) is 4.25. The van der Waals surface area contributed by atoms with Crippen LogP contribution in [-0.2, 0) is 27.4 Å². The van der Waals surface area contributed by atoms with Gasteiger partial charge in [-0.3, -0.25) is 14.3 Å². The molecule has 0 radical (unpaired) electrons. The molecule has 0 unspecified atom stereocenters. The van der Waals surface area contributed by atoms with Crippen LogP contribution >= 0.6 is 0 Å². The maximum Gasteiger partial charge on any atom is 0.310 e. The van der Waals surface area contributed by atoms with Gasteiger partial charge < -0.3 is 14.8 Å². The average molecular weight is 470 g/mol. The standard InChI is InChI=1S/C28H27N3O4/c1-2-34-28(33)16-21-6-3-4-9-27(21)35-17-25-24-15-20(19-7-5-8-22(14-19)29-18-32)10-13-26(24)31(30-25)23-11-12-23/h3-10,13-15,18,23H,2,11-12,16-17H2,1H3,(H,29,32). The number of anilines is 1. The van der Waals surface area contributed by atoms with E-state index in [9.17, 15) is 9.59 Å². The molecule has 1 amide bonds. The number of ether oxygens (including phenoxy) is 2. The lowest BCUT2D eigenvalue weighted by Crippen LogP contribution is -2.09. The lowest BCUT2D eigenvalue weighted by atomic mass is 10.0. The highest BCUT2D eigenvalue weighted by Gasteiger charge is 2.27. The van der Waals surface area contributed by atoms with E-state index in [1.165, 1.54) is 0 Å². The van der Waals surface area contributed by atoms with Crippen LogP contribution in [0.15, 0.2) is 66.7 Å². The number of esters is 1. The van der Waals surface area contributed by atoms with Crippen molar-refractivity contribution in [2.45, 2.75) is 38.8 Å². The van der Waals surface area contributed by atoms with E-state index in [1.807, 2.05) is 48.5 Å². The number of hydrogen-bond acceptors (Lipinski definition) is 5. The Labute approximate surface area is 203 Å². The van der Waals surface area contributed by atoms with Crippen molar-refractivity contribution in [3.8, 4) is 16.9 Å². The Kier molecular flexibility index (Phi) is 6.48. The second kappa shape index (κ2) is 10.0. The summed E-state index contributed by atoms with van der Waals surface area (Å²) in [7, 11) is 0. The Morgan fingerprint density at radius 1 is 1.09 bits per heavy atom. The van der Waals surface area contributed by atoms with Crippen molar-refractivity contribution < 1.29 is 19.1 Å². The Bertz CT molecular complexity index is 1370. The second-order valence-electron chi connectivity index (χ2n) is 8.58. The SMILES string of the molecule is CCOC(=O)Cc1ccccc1OCc1nn(C2CC2)c2ccc(-c3cccc(NC=O)c3)cc12. The molecule has 7 heteroatoms. The first-order chi connectivity index (χ1) is 17.2. The number of nitrogens with one attached hydrogen (secondary N) is 1. The van der Waals surface area contributed by atoms with E-state index >= 15 is 0 Å². The summed E-state index contributed by atoms with van der Waals surface area (Å²) in [6.07, 6.45) is 3.09. The molecule has 0 aliphatic heterocycles. The van der Waals surface area contributed by atoms with E-state index in [1.54, 1.807) is 6.92 Å². The molecular weight excluding hydrogens is 442 g/mol. The van der Waals surface area contributed by atoms with Gasteiger partial charge in [0.1, 0.15) is 18.1 Å². The van der Waals surface area contributed by atoms with E-state index in [-0.39, 0.29) is 19.0 Å². The Balaban J connectivity index is 1.45. The summed E-state index contributed by atoms with van der Waals surface area (Å²) in [6.45, 7) is 2.43. The van der Waals surface area contributed by atoms with Crippen LogP contribution in [0.5, 0.6) is 5.75 Å². The maximum atomic E-state index is 12.0. The minimum absolute atomic E-state index is 0.163. The van der Waals surface area contributed by atoms with Crippen LogP contribution in [0, 0.1) is 0 Å². The molecule has 3 aromatic carbocycles. The fourth-order valence-electron chi connectivity index (χ4n) is 4.25. The fraction of sp³-hybridized carbons (Fsp3) is 0.250. The first-order valence-electron chi connectivity index (χ1n) is 11.8. The van der Waals surface area contributed by atoms with Crippen molar-refractivity contribution >= 4 is 29.0 Å². The lowest BCUT2D eigenvalue weighted by molar-refractivity contribution is -0.142. The molecule has 7 nitrogen and oxygen atoms in total. The normalized spacial score (nSPS) is 12.9. The van der Waals surface area contributed by atoms with Gasteiger partial charge in [-0.2, -0.15) is 5.10 Å². The van der Waals surface area contributed by atoms with Gasteiger partial charge in [0.15, 0.2) is 0 Å². The summed E-state index contributed by atoms with van der Waals surface area (Å²) in [5.41, 5.74) is 5.50. The van der Waals surface area contributed by atoms with Crippen LogP contribution < -0.4 is 10.1 Å². The summed E-state index contributed by atoms with van der Waals surface area (Å²) in [4.78, 5) is 22.9. The summed E-state index contributed by atoms with van der Waals surface area (Å²) in [6, 6.07) is 22.0. The molecule has 1 fully saturated rings. The number of nitrogens with zero attached hydrogens (tertiary/aromatic N) is 2. The Hall–Kier alpha value is -4.13. The molecule has 35 heavy (non-hydrogen) atoms. The molecule has 4 aromatic rings. The van der Waals surface area contributed by atoms with E-state index in [4.69, 9.17) is 14.6 Å². The van der Waals surface area contributed by atoms with Gasteiger partial charge in [-0.15, -0.1) is 0 Å². The van der Waals surface area contributed by atoms with Gasteiger partial charge in [0.2, 0.25) is 6.41 Å². The third-order valence-corrected chi connectivity index (χ3v) is 6.07. The predicted molar refractivity (Wildman–Crippen MR) is 134 cm³/mol. The molecule has 0 atom stereocenters. The molecule has 0 spiro atoms. The minimum atomic E-state index is -0.275. The molecule has 1 heterocycles. The number of aromatic nitrogens is 2. The van der Waals surface area contributed by atoms with Crippen molar-refractivity contribution in [2.24, 2.45) is 0 Å². The van der Waals surface area contributed by atoms with E-state index in [2.05, 4.69) is 28.2 Å². The molecule has 0 saturated heterocycles. The van der Waals surface area contributed by atoms with Gasteiger partial charge in [0.25, 0.3) is 0 Å². The maximum absolute atomic E-state index is 12.0. The predicted octanol–water partition coefficient (Wildman–Crippen LogP) is 5.29. The first kappa shape index (κ1) is 22.7. The third-order valence-electron chi connectivity index (χ3n) is 6.07. The van der Waals surface area contributed by atoms with Crippen LogP contribution in [0.1, 0.15) is 37.1 Å². The van der Waals surface area contributed by atoms with Crippen LogP contribution in [0.2, 0.25) is 0 Å². The molecule has 178 valence electrons. The molecule has 1 N–H and O–H groups in total. The molecule has 1 aliphatic rings. The van der Waals surface area contributed by atoms with Gasteiger partial charge in [0, 0.05) is 16.6 Å². The zero-order valence-electron chi connectivity index (χ0n) is 19.6. The van der Waals surface area contributed by atoms with Crippen molar-refractivity contribution in [3.05, 3.63) is 78.0 Å². The number of fused-ring (bicyclic) bond motifs is 1. The number of amides is 1. The molecule has 1 aliphatic carbocycles. The van der Waals surface area contributed by atoms with Crippen molar-refractivity contribution in [1.29, 1.82) is 0 Å². The second-order valence-corrected chi connectivity index (χ2v) is 8.58. The van der Waals surface area contributed by atoms with Crippen LogP contribution in [0.25, 0.3) is 22.0 Å². The lowest BCUT2D eigenvalue weighted by Gasteiger charge is -2.10. The van der Waals surface area contributed by atoms with Crippen LogP contribution in [0.3, 0.4) is 0 Å². The van der Waals surface area contributed by atoms with Gasteiger partial charge in [-0.05, 0) is 61.2 Å². The van der Waals surface area contributed by atoms with E-state index in [0.717, 1.165) is 51.8 Å². The number of hydrogen-bond donors (Lipinski definition) is 1. The summed E-state index contributed by atoms with van der Waals surface area (Å²) in [5.74, 6) is 0.376. The highest BCUT2D eigenvalue weighted by atomic mass is 16.5. The van der Waals surface area contributed by atoms with Gasteiger partial charge in [-0.1, -0.05) is 36.4 Å². The van der Waals surface area contributed by atoms with E-state index in [0.29, 0.717) is 24.8 Å². The highest BCUT2D eigenvalue weighted by molar-refractivity contribution is 5.88. The van der Waals surface area contributed by atoms with Gasteiger partial charge >= 0.3 is 5.97 Å². The summed E-state index contributed by atoms with van der Waals surface area (Å²) in [5, 5.41) is 8.65. The third kappa shape index (κ3) is 5.04.